The van der Waals surface area contributed by atoms with Crippen LogP contribution in [0.2, 0.25) is 0 Å². The summed E-state index contributed by atoms with van der Waals surface area (Å²) >= 11 is 0. The van der Waals surface area contributed by atoms with Gasteiger partial charge in [-0.2, -0.15) is 23.3 Å². The predicted molar refractivity (Wildman–Crippen MR) is 97.9 cm³/mol. The number of aromatic nitrogens is 5. The quantitative estimate of drug-likeness (QED) is 0.631. The van der Waals surface area contributed by atoms with Crippen LogP contribution in [0.1, 0.15) is 23.6 Å². The van der Waals surface area contributed by atoms with Gasteiger partial charge in [0, 0.05) is 43.2 Å². The minimum atomic E-state index is -4.53. The maximum Gasteiger partial charge on any atom is 0.435 e. The summed E-state index contributed by atoms with van der Waals surface area (Å²) in [5.74, 6) is 0.858. The van der Waals surface area contributed by atoms with E-state index >= 15 is 0 Å². The van der Waals surface area contributed by atoms with E-state index in [0.29, 0.717) is 36.9 Å². The molecule has 1 amide bonds. The first kappa shape index (κ1) is 20.0. The number of aryl methyl sites for hydroxylation is 1. The number of likely N-dealkylation sites (tertiary alicyclic amines) is 1. The summed E-state index contributed by atoms with van der Waals surface area (Å²) in [6.07, 6.45) is 0.0585. The fourth-order valence-electron chi connectivity index (χ4n) is 3.47. The lowest BCUT2D eigenvalue weighted by Crippen LogP contribution is -2.32. The molecule has 1 unspecified atom stereocenters. The summed E-state index contributed by atoms with van der Waals surface area (Å²) in [4.78, 5) is 22.5. The lowest BCUT2D eigenvalue weighted by atomic mass is 10.1. The van der Waals surface area contributed by atoms with Crippen molar-refractivity contribution in [2.45, 2.75) is 32.5 Å². The number of alkyl halides is 3. The van der Waals surface area contributed by atoms with E-state index < -0.39 is 11.9 Å². The molecule has 8 nitrogen and oxygen atoms in total. The van der Waals surface area contributed by atoms with Crippen molar-refractivity contribution in [1.82, 2.24) is 29.8 Å². The zero-order chi connectivity index (χ0) is 21.3. The number of nitrogens with zero attached hydrogens (tertiary/aromatic N) is 6. The Labute approximate surface area is 169 Å². The smallest absolute Gasteiger partial charge is 0.341 e. The molecule has 4 heterocycles. The molecule has 0 spiro atoms. The second-order valence-electron chi connectivity index (χ2n) is 7.28. The van der Waals surface area contributed by atoms with Crippen LogP contribution in [0.3, 0.4) is 0 Å². The van der Waals surface area contributed by atoms with E-state index in [0.717, 1.165) is 22.7 Å². The Morgan fingerprint density at radius 3 is 2.77 bits per heavy atom. The normalized spacial score (nSPS) is 16.9. The number of amides is 1. The van der Waals surface area contributed by atoms with E-state index in [-0.39, 0.29) is 18.4 Å². The topological polar surface area (TPSA) is 89.9 Å². The largest absolute Gasteiger partial charge is 0.435 e. The highest BCUT2D eigenvalue weighted by atomic mass is 19.4. The molecule has 0 radical (unpaired) electrons. The van der Waals surface area contributed by atoms with Gasteiger partial charge in [-0.1, -0.05) is 5.16 Å². The number of halogens is 3. The average molecular weight is 420 g/mol. The lowest BCUT2D eigenvalue weighted by Gasteiger charge is -2.16. The molecule has 4 rings (SSSR count). The first-order valence-corrected chi connectivity index (χ1v) is 9.42. The third-order valence-corrected chi connectivity index (χ3v) is 5.06. The van der Waals surface area contributed by atoms with Crippen LogP contribution in [-0.2, 0) is 23.9 Å². The Bertz CT molecular complexity index is 1030. The predicted octanol–water partition coefficient (Wildman–Crippen LogP) is 2.75. The molecule has 1 aliphatic heterocycles. The highest BCUT2D eigenvalue weighted by Gasteiger charge is 2.35. The maximum atomic E-state index is 12.8. The van der Waals surface area contributed by atoms with Gasteiger partial charge in [0.2, 0.25) is 5.91 Å². The Morgan fingerprint density at radius 2 is 2.07 bits per heavy atom. The van der Waals surface area contributed by atoms with Crippen LogP contribution in [0.4, 0.5) is 13.2 Å². The van der Waals surface area contributed by atoms with Crippen molar-refractivity contribution in [1.29, 1.82) is 0 Å². The maximum absolute atomic E-state index is 12.8. The van der Waals surface area contributed by atoms with Crippen molar-refractivity contribution < 1.29 is 22.5 Å². The highest BCUT2D eigenvalue weighted by Crippen LogP contribution is 2.28. The van der Waals surface area contributed by atoms with Crippen LogP contribution in [0.25, 0.3) is 11.5 Å². The van der Waals surface area contributed by atoms with Gasteiger partial charge in [0.05, 0.1) is 0 Å². The summed E-state index contributed by atoms with van der Waals surface area (Å²) < 4.78 is 44.8. The summed E-state index contributed by atoms with van der Waals surface area (Å²) in [6, 6.07) is 4.49. The molecule has 30 heavy (non-hydrogen) atoms. The van der Waals surface area contributed by atoms with Crippen molar-refractivity contribution in [3.8, 4) is 11.5 Å². The third-order valence-electron chi connectivity index (χ3n) is 5.06. The molecule has 1 fully saturated rings. The van der Waals surface area contributed by atoms with Gasteiger partial charge in [-0.25, -0.2) is 0 Å². The summed E-state index contributed by atoms with van der Waals surface area (Å²) in [6.45, 7) is 2.30. The van der Waals surface area contributed by atoms with E-state index in [4.69, 9.17) is 4.52 Å². The highest BCUT2D eigenvalue weighted by molar-refractivity contribution is 5.76. The number of pyridine rings is 1. The van der Waals surface area contributed by atoms with E-state index in [1.54, 1.807) is 29.4 Å². The molecular weight excluding hydrogens is 401 g/mol. The molecule has 0 aliphatic carbocycles. The molecule has 1 aliphatic rings. The summed E-state index contributed by atoms with van der Waals surface area (Å²) in [5.41, 5.74) is 0.0795. The van der Waals surface area contributed by atoms with Crippen LogP contribution in [-0.4, -0.2) is 48.8 Å². The van der Waals surface area contributed by atoms with Crippen molar-refractivity contribution in [3.63, 3.8) is 0 Å². The Hall–Kier alpha value is -3.24. The molecule has 0 N–H and O–H groups in total. The molecule has 1 atom stereocenters. The molecule has 0 aromatic carbocycles. The second-order valence-corrected chi connectivity index (χ2v) is 7.28. The van der Waals surface area contributed by atoms with Gasteiger partial charge >= 0.3 is 6.18 Å². The molecule has 0 bridgehead atoms. The fourth-order valence-corrected chi connectivity index (χ4v) is 3.47. The first-order chi connectivity index (χ1) is 14.3. The Morgan fingerprint density at radius 1 is 1.30 bits per heavy atom. The van der Waals surface area contributed by atoms with Gasteiger partial charge in [0.25, 0.3) is 5.89 Å². The van der Waals surface area contributed by atoms with Crippen LogP contribution < -0.4 is 0 Å². The van der Waals surface area contributed by atoms with E-state index in [9.17, 15) is 18.0 Å². The Balaban J connectivity index is 1.34. The molecule has 158 valence electrons. The van der Waals surface area contributed by atoms with Gasteiger partial charge in [-0.05, 0) is 37.5 Å². The average Bonchev–Trinajstić information content (AvgIpc) is 3.43. The standard InChI is InChI=1S/C19H19F3N6O2/c1-12-8-15(19(20,21)22)25-28(12)11-17(29)27-7-4-13(10-27)9-16-24-18(30-26-16)14-2-5-23-6-3-14/h2-3,5-6,8,13H,4,7,9-11H2,1H3. The monoisotopic (exact) mass is 420 g/mol. The SMILES string of the molecule is Cc1cc(C(F)(F)F)nn1CC(=O)N1CCC(Cc2noc(-c3ccncc3)n2)C1. The third kappa shape index (κ3) is 4.34. The second kappa shape index (κ2) is 7.88. The molecule has 3 aromatic rings. The number of rotatable bonds is 5. The molecule has 3 aromatic heterocycles. The summed E-state index contributed by atoms with van der Waals surface area (Å²) in [7, 11) is 0. The van der Waals surface area contributed by atoms with Gasteiger partial charge < -0.3 is 9.42 Å². The number of carbonyl (C=O) groups is 1. The van der Waals surface area contributed by atoms with Crippen molar-refractivity contribution in [3.05, 3.63) is 47.8 Å². The minimum absolute atomic E-state index is 0.154. The van der Waals surface area contributed by atoms with Crippen molar-refractivity contribution >= 4 is 5.91 Å². The van der Waals surface area contributed by atoms with Crippen LogP contribution in [0, 0.1) is 12.8 Å². The zero-order valence-electron chi connectivity index (χ0n) is 16.1. The minimum Gasteiger partial charge on any atom is -0.341 e. The van der Waals surface area contributed by atoms with E-state index in [1.807, 2.05) is 0 Å². The number of carbonyl (C=O) groups excluding carboxylic acids is 1. The molecular formula is C19H19F3N6O2. The van der Waals surface area contributed by atoms with Gasteiger partial charge in [-0.3, -0.25) is 14.5 Å². The molecule has 1 saturated heterocycles. The van der Waals surface area contributed by atoms with Gasteiger partial charge in [-0.15, -0.1) is 0 Å². The van der Waals surface area contributed by atoms with Crippen LogP contribution >= 0.6 is 0 Å². The van der Waals surface area contributed by atoms with E-state index in [2.05, 4.69) is 20.2 Å². The molecule has 0 saturated carbocycles. The van der Waals surface area contributed by atoms with Crippen molar-refractivity contribution in [2.75, 3.05) is 13.1 Å². The first-order valence-electron chi connectivity index (χ1n) is 9.42. The van der Waals surface area contributed by atoms with Crippen LogP contribution in [0.5, 0.6) is 0 Å². The zero-order valence-corrected chi connectivity index (χ0v) is 16.1. The van der Waals surface area contributed by atoms with Crippen LogP contribution in [0.15, 0.2) is 35.1 Å². The van der Waals surface area contributed by atoms with E-state index in [1.165, 1.54) is 6.92 Å². The fraction of sp³-hybridized carbons (Fsp3) is 0.421. The lowest BCUT2D eigenvalue weighted by molar-refractivity contribution is -0.142. The molecule has 11 heteroatoms. The van der Waals surface area contributed by atoms with Gasteiger partial charge in [0.15, 0.2) is 11.5 Å². The summed E-state index contributed by atoms with van der Waals surface area (Å²) in [5, 5.41) is 7.52. The number of hydrogen-bond donors (Lipinski definition) is 0. The van der Waals surface area contributed by atoms with Gasteiger partial charge in [0.1, 0.15) is 6.54 Å². The van der Waals surface area contributed by atoms with Crippen molar-refractivity contribution in [2.24, 2.45) is 5.92 Å². The Kier molecular flexibility index (Phi) is 5.27. The number of hydrogen-bond acceptors (Lipinski definition) is 6.